The molecule has 0 radical (unpaired) electrons. The van der Waals surface area contributed by atoms with Crippen LogP contribution < -0.4 is 5.32 Å². The molecule has 0 unspecified atom stereocenters. The van der Waals surface area contributed by atoms with Crippen molar-refractivity contribution < 1.29 is 17.6 Å². The zero-order chi connectivity index (χ0) is 14.8. The van der Waals surface area contributed by atoms with Gasteiger partial charge < -0.3 is 5.32 Å². The minimum Gasteiger partial charge on any atom is -0.378 e. The Labute approximate surface area is 113 Å². The van der Waals surface area contributed by atoms with Crippen LogP contribution in [0.4, 0.5) is 23.2 Å². The second-order valence-corrected chi connectivity index (χ2v) is 4.25. The van der Waals surface area contributed by atoms with Crippen LogP contribution in [0.1, 0.15) is 18.1 Å². The quantitative estimate of drug-likeness (QED) is 0.869. The number of aryl methyl sites for hydroxylation is 1. The van der Waals surface area contributed by atoms with Crippen LogP contribution in [0.2, 0.25) is 0 Å². The zero-order valence-electron chi connectivity index (χ0n) is 10.7. The maximum atomic E-state index is 13.1. The van der Waals surface area contributed by atoms with E-state index in [2.05, 4.69) is 10.4 Å². The molecule has 2 rings (SSSR count). The molecule has 7 heteroatoms. The SMILES string of the molecule is CCn1cc(NCc2ccc(F)c(C(F)(F)F)c2)cn1. The fourth-order valence-electron chi connectivity index (χ4n) is 1.73. The summed E-state index contributed by atoms with van der Waals surface area (Å²) in [7, 11) is 0. The normalized spacial score (nSPS) is 11.7. The highest BCUT2D eigenvalue weighted by Gasteiger charge is 2.34. The van der Waals surface area contributed by atoms with Crippen molar-refractivity contribution in [3.63, 3.8) is 0 Å². The molecule has 0 aliphatic carbocycles. The van der Waals surface area contributed by atoms with Crippen molar-refractivity contribution in [1.29, 1.82) is 0 Å². The lowest BCUT2D eigenvalue weighted by Crippen LogP contribution is -2.09. The minimum atomic E-state index is -4.69. The van der Waals surface area contributed by atoms with Gasteiger partial charge in [-0.25, -0.2) is 4.39 Å². The molecular weight excluding hydrogens is 274 g/mol. The monoisotopic (exact) mass is 287 g/mol. The van der Waals surface area contributed by atoms with Gasteiger partial charge in [-0.15, -0.1) is 0 Å². The van der Waals surface area contributed by atoms with Crippen molar-refractivity contribution in [3.05, 3.63) is 47.5 Å². The second-order valence-electron chi connectivity index (χ2n) is 4.25. The van der Waals surface area contributed by atoms with Gasteiger partial charge in [0, 0.05) is 19.3 Å². The van der Waals surface area contributed by atoms with Gasteiger partial charge in [-0.3, -0.25) is 4.68 Å². The van der Waals surface area contributed by atoms with E-state index >= 15 is 0 Å². The molecule has 0 spiro atoms. The number of halogens is 4. The van der Waals surface area contributed by atoms with E-state index in [0.29, 0.717) is 17.8 Å². The summed E-state index contributed by atoms with van der Waals surface area (Å²) in [5, 5.41) is 6.97. The number of hydrogen-bond donors (Lipinski definition) is 1. The zero-order valence-corrected chi connectivity index (χ0v) is 10.7. The summed E-state index contributed by atoms with van der Waals surface area (Å²) in [6.07, 6.45) is -1.36. The number of hydrogen-bond acceptors (Lipinski definition) is 2. The van der Waals surface area contributed by atoms with Gasteiger partial charge in [-0.05, 0) is 24.6 Å². The molecule has 0 aliphatic heterocycles. The molecule has 0 aliphatic rings. The Morgan fingerprint density at radius 3 is 2.65 bits per heavy atom. The minimum absolute atomic E-state index is 0.165. The van der Waals surface area contributed by atoms with E-state index in [1.54, 1.807) is 17.1 Å². The lowest BCUT2D eigenvalue weighted by Gasteiger charge is -2.10. The van der Waals surface area contributed by atoms with E-state index in [0.717, 1.165) is 12.1 Å². The van der Waals surface area contributed by atoms with Crippen LogP contribution >= 0.6 is 0 Å². The standard InChI is InChI=1S/C13H13F4N3/c1-2-20-8-10(7-19-20)18-6-9-3-4-12(14)11(5-9)13(15,16)17/h3-5,7-8,18H,2,6H2,1H3. The average molecular weight is 287 g/mol. The molecule has 1 N–H and O–H groups in total. The first-order valence-electron chi connectivity index (χ1n) is 6.02. The molecule has 0 bridgehead atoms. The summed E-state index contributed by atoms with van der Waals surface area (Å²) in [6, 6.07) is 2.96. The van der Waals surface area contributed by atoms with Gasteiger partial charge in [0.1, 0.15) is 5.82 Å². The van der Waals surface area contributed by atoms with Crippen LogP contribution in [0.25, 0.3) is 0 Å². The van der Waals surface area contributed by atoms with E-state index in [1.165, 1.54) is 6.07 Å². The molecule has 2 aromatic rings. The van der Waals surface area contributed by atoms with Crippen molar-refractivity contribution in [2.45, 2.75) is 26.2 Å². The third kappa shape index (κ3) is 3.28. The van der Waals surface area contributed by atoms with Gasteiger partial charge in [0.2, 0.25) is 0 Å². The second kappa shape index (κ2) is 5.52. The van der Waals surface area contributed by atoms with E-state index < -0.39 is 17.6 Å². The number of nitrogens with one attached hydrogen (secondary N) is 1. The first kappa shape index (κ1) is 14.4. The fourth-order valence-corrected chi connectivity index (χ4v) is 1.73. The molecule has 1 aromatic heterocycles. The number of aromatic nitrogens is 2. The summed E-state index contributed by atoms with van der Waals surface area (Å²) in [5.41, 5.74) is -0.200. The Morgan fingerprint density at radius 2 is 2.05 bits per heavy atom. The summed E-state index contributed by atoms with van der Waals surface area (Å²) in [4.78, 5) is 0. The van der Waals surface area contributed by atoms with Crippen LogP contribution in [-0.4, -0.2) is 9.78 Å². The maximum Gasteiger partial charge on any atom is 0.419 e. The third-order valence-corrected chi connectivity index (χ3v) is 2.79. The largest absolute Gasteiger partial charge is 0.419 e. The molecule has 1 aromatic carbocycles. The first-order chi connectivity index (χ1) is 9.40. The third-order valence-electron chi connectivity index (χ3n) is 2.79. The molecule has 108 valence electrons. The average Bonchev–Trinajstić information content (AvgIpc) is 2.84. The van der Waals surface area contributed by atoms with Crippen LogP contribution in [0.5, 0.6) is 0 Å². The van der Waals surface area contributed by atoms with Crippen LogP contribution in [-0.2, 0) is 19.3 Å². The summed E-state index contributed by atoms with van der Waals surface area (Å²) >= 11 is 0. The lowest BCUT2D eigenvalue weighted by molar-refractivity contribution is -0.140. The van der Waals surface area contributed by atoms with Gasteiger partial charge >= 0.3 is 6.18 Å². The molecular formula is C13H13F4N3. The van der Waals surface area contributed by atoms with Gasteiger partial charge in [0.25, 0.3) is 0 Å². The number of nitrogens with zero attached hydrogens (tertiary/aromatic N) is 2. The molecule has 0 fully saturated rings. The number of alkyl halides is 3. The molecule has 0 saturated carbocycles. The topological polar surface area (TPSA) is 29.9 Å². The number of benzene rings is 1. The highest BCUT2D eigenvalue weighted by Crippen LogP contribution is 2.32. The Balaban J connectivity index is 2.10. The van der Waals surface area contributed by atoms with Gasteiger partial charge in [-0.1, -0.05) is 6.07 Å². The molecule has 0 atom stereocenters. The smallest absolute Gasteiger partial charge is 0.378 e. The van der Waals surface area contributed by atoms with Crippen LogP contribution in [0.15, 0.2) is 30.6 Å². The van der Waals surface area contributed by atoms with Gasteiger partial charge in [0.05, 0.1) is 17.4 Å². The maximum absolute atomic E-state index is 13.1. The Kier molecular flexibility index (Phi) is 3.96. The number of anilines is 1. The molecule has 0 saturated heterocycles. The van der Waals surface area contributed by atoms with Crippen molar-refractivity contribution in [2.75, 3.05) is 5.32 Å². The van der Waals surface area contributed by atoms with Crippen molar-refractivity contribution in [2.24, 2.45) is 0 Å². The van der Waals surface area contributed by atoms with Crippen LogP contribution in [0, 0.1) is 5.82 Å². The molecule has 0 amide bonds. The Bertz CT molecular complexity index is 590. The predicted molar refractivity (Wildman–Crippen MR) is 66.6 cm³/mol. The highest BCUT2D eigenvalue weighted by molar-refractivity contribution is 5.40. The first-order valence-corrected chi connectivity index (χ1v) is 6.02. The van der Waals surface area contributed by atoms with E-state index in [9.17, 15) is 17.6 Å². The van der Waals surface area contributed by atoms with Crippen molar-refractivity contribution in [1.82, 2.24) is 9.78 Å². The lowest BCUT2D eigenvalue weighted by atomic mass is 10.1. The number of rotatable bonds is 4. The predicted octanol–water partition coefficient (Wildman–Crippen LogP) is 3.67. The Morgan fingerprint density at radius 1 is 1.30 bits per heavy atom. The van der Waals surface area contributed by atoms with E-state index in [-0.39, 0.29) is 6.54 Å². The van der Waals surface area contributed by atoms with Crippen LogP contribution in [0.3, 0.4) is 0 Å². The molecule has 20 heavy (non-hydrogen) atoms. The van der Waals surface area contributed by atoms with Crippen molar-refractivity contribution >= 4 is 5.69 Å². The Hall–Kier alpha value is -2.05. The van der Waals surface area contributed by atoms with Gasteiger partial charge in [-0.2, -0.15) is 18.3 Å². The molecule has 3 nitrogen and oxygen atoms in total. The van der Waals surface area contributed by atoms with Gasteiger partial charge in [0.15, 0.2) is 0 Å². The summed E-state index contributed by atoms with van der Waals surface area (Å²) < 4.78 is 52.5. The van der Waals surface area contributed by atoms with Crippen molar-refractivity contribution in [3.8, 4) is 0 Å². The van der Waals surface area contributed by atoms with E-state index in [1.807, 2.05) is 6.92 Å². The summed E-state index contributed by atoms with van der Waals surface area (Å²) in [6.45, 7) is 2.79. The van der Waals surface area contributed by atoms with E-state index in [4.69, 9.17) is 0 Å². The highest BCUT2D eigenvalue weighted by atomic mass is 19.4. The molecule has 1 heterocycles. The fraction of sp³-hybridized carbons (Fsp3) is 0.308. The summed E-state index contributed by atoms with van der Waals surface area (Å²) in [5.74, 6) is -1.26.